The van der Waals surface area contributed by atoms with E-state index < -0.39 is 0 Å². The number of nitrogens with zero attached hydrogens (tertiary/aromatic N) is 12. The van der Waals surface area contributed by atoms with E-state index in [0.29, 0.717) is 70.2 Å². The van der Waals surface area contributed by atoms with E-state index in [-0.39, 0.29) is 23.8 Å². The number of nitrogens with one attached hydrogen (secondary N) is 4. The van der Waals surface area contributed by atoms with Crippen molar-refractivity contribution in [3.05, 3.63) is 244 Å². The van der Waals surface area contributed by atoms with Crippen molar-refractivity contribution in [2.75, 3.05) is 129 Å². The van der Waals surface area contributed by atoms with E-state index in [9.17, 15) is 0 Å². The first-order valence-electron chi connectivity index (χ1n) is 44.9. The number of nitrogens with two attached hydrogens (primary N) is 6. The zero-order chi connectivity index (χ0) is 95.9. The first kappa shape index (κ1) is 106. The fourth-order valence-electron chi connectivity index (χ4n) is 14.5. The van der Waals surface area contributed by atoms with Crippen LogP contribution in [-0.2, 0) is 31.8 Å². The lowest BCUT2D eigenvalue weighted by molar-refractivity contribution is 0.0639. The maximum Gasteiger partial charge on any atom is 0.222 e. The summed E-state index contributed by atoms with van der Waals surface area (Å²) in [5, 5.41) is 17.3. The standard InChI is InChI=1S/C21H27ClN4.C18H22ClN3O.C17H20ClN3O.C16H21ClN4O.C15H19ClN4.C14H17ClN4O/c1-14(2)7-5-8-15(3)11-12-24-20-13-19(25-21(23)26-20)17-9-6-10-18(22)16(17)4;1-12-15(3-2-4-16(12)19)17-11-14(21-18(20)22-17)6-5-13-7-9-23-10-8-13;1-11-14(5-2-6-15(11)18)16-10-12(20-17(19)21-16)7-8-13-4-3-9-22-13;1-3-22-9-5-8-19-15-10-14(20-16(18)21-15)12-6-4-7-13(17)11(12)2;1-3-4-8-18-14-9-13(19-15(17)20-14)11-6-5-7-12(16)10(11)2;1-9-10(4-3-5-11(9)15)12-8-13(17-6-7-20-2)19-14(16)18-12/h6-7,9-11,13H,5,8,12H2,1-4H3,(H3,23,24,25,26);2-4,11,13H,5-10H2,1H3,(H2,20,21,22);2,5-6,10,13H,3-4,7-9H2,1H3,(H2,19,20,21);4,6-7,10H,3,5,8-9H2,1-2H3,(H3,18,19,20,21);5-7,9H,3-4,8H2,1-2H3,(H3,17,18,19,20);3-5,8H,6-7H2,1-2H3,(H3,16,17,18,19)/b15-11+;;;;;. The van der Waals surface area contributed by atoms with Crippen molar-refractivity contribution in [3.8, 4) is 67.5 Å². The lowest BCUT2D eigenvalue weighted by atomic mass is 9.94. The number of ether oxygens (including phenoxy) is 4. The molecule has 6 aromatic heterocycles. The van der Waals surface area contributed by atoms with Crippen LogP contribution in [0.3, 0.4) is 0 Å². The third-order valence-corrected chi connectivity index (χ3v) is 24.4. The molecule has 2 fully saturated rings. The molecule has 2 aliphatic heterocycles. The van der Waals surface area contributed by atoms with Crippen molar-refractivity contribution in [1.29, 1.82) is 0 Å². The fourth-order valence-corrected chi connectivity index (χ4v) is 15.5. The quantitative estimate of drug-likeness (QED) is 0.0138. The third kappa shape index (κ3) is 34.4. The van der Waals surface area contributed by atoms with E-state index in [1.807, 2.05) is 194 Å². The Morgan fingerprint density at radius 2 is 0.752 bits per heavy atom. The van der Waals surface area contributed by atoms with Crippen LogP contribution in [-0.4, -0.2) is 139 Å². The first-order chi connectivity index (χ1) is 64.0. The molecular formula is C101H126Cl6N22O4. The second kappa shape index (κ2) is 54.9. The Balaban J connectivity index is 0.000000180. The largest absolute Gasteiger partial charge is 0.383 e. The number of allylic oxidation sites excluding steroid dienone is 3. The van der Waals surface area contributed by atoms with Gasteiger partial charge in [0, 0.05) is 165 Å². The number of aryl methyl sites for hydroxylation is 2. The topological polar surface area (TPSA) is 396 Å². The van der Waals surface area contributed by atoms with Gasteiger partial charge >= 0.3 is 0 Å². The molecule has 1 atom stereocenters. The van der Waals surface area contributed by atoms with Crippen LogP contribution in [0.1, 0.15) is 150 Å². The number of aromatic nitrogens is 12. The zero-order valence-corrected chi connectivity index (χ0v) is 82.7. The molecule has 0 aliphatic carbocycles. The monoisotopic (exact) mass is 1920 g/mol. The maximum absolute atomic E-state index is 6.22. The number of hydrogen-bond acceptors (Lipinski definition) is 26. The van der Waals surface area contributed by atoms with Crippen molar-refractivity contribution < 1.29 is 18.9 Å². The van der Waals surface area contributed by atoms with Gasteiger partial charge in [0.1, 0.15) is 23.3 Å². The Morgan fingerprint density at radius 3 is 1.10 bits per heavy atom. The van der Waals surface area contributed by atoms with Crippen LogP contribution < -0.4 is 55.7 Å². The average molecular weight is 1920 g/mol. The average Bonchev–Trinajstić information content (AvgIpc) is 1.27. The van der Waals surface area contributed by atoms with Gasteiger partial charge in [-0.05, 0) is 234 Å². The molecule has 16 N–H and O–H groups in total. The fraction of sp³-hybridized carbons (Fsp3) is 0.366. The summed E-state index contributed by atoms with van der Waals surface area (Å²) in [6, 6.07) is 46.2. The number of halogens is 6. The zero-order valence-electron chi connectivity index (χ0n) is 78.2. The van der Waals surface area contributed by atoms with Crippen molar-refractivity contribution >= 4 is 129 Å². The molecule has 2 saturated heterocycles. The Labute approximate surface area is 813 Å². The van der Waals surface area contributed by atoms with Gasteiger partial charge in [-0.1, -0.05) is 179 Å². The summed E-state index contributed by atoms with van der Waals surface area (Å²) in [6.45, 7) is 30.1. The Bertz CT molecular complexity index is 5710. The summed E-state index contributed by atoms with van der Waals surface area (Å²) in [5.74, 6) is 5.16. The molecule has 26 nitrogen and oxygen atoms in total. The minimum atomic E-state index is 0.224. The van der Waals surface area contributed by atoms with Gasteiger partial charge in [0.2, 0.25) is 35.7 Å². The Hall–Kier alpha value is -11.1. The highest BCUT2D eigenvalue weighted by molar-refractivity contribution is 6.33. The highest BCUT2D eigenvalue weighted by Gasteiger charge is 2.21. The van der Waals surface area contributed by atoms with Crippen molar-refractivity contribution in [1.82, 2.24) is 59.8 Å². The number of rotatable bonds is 32. The molecule has 8 heterocycles. The van der Waals surface area contributed by atoms with E-state index >= 15 is 0 Å². The van der Waals surface area contributed by atoms with Gasteiger partial charge in [-0.3, -0.25) is 0 Å². The highest BCUT2D eigenvalue weighted by Crippen LogP contribution is 2.36. The molecule has 14 rings (SSSR count). The molecule has 2 aliphatic rings. The second-order valence-electron chi connectivity index (χ2n) is 32.4. The van der Waals surface area contributed by atoms with E-state index in [1.165, 1.54) is 11.1 Å². The van der Waals surface area contributed by atoms with Crippen molar-refractivity contribution in [3.63, 3.8) is 0 Å². The SMILES string of the molecule is CC(C)=CCC/C(C)=C/CNc1cc(-c2cccc(Cl)c2C)nc(N)n1.CCCCNc1cc(-c2cccc(Cl)c2C)nc(N)n1.CCOCCCNc1cc(-c2cccc(Cl)c2C)nc(N)n1.COCCNc1cc(-c2cccc(Cl)c2C)nc(N)n1.Cc1c(Cl)cccc1-c1cc(CCC2CCCO2)nc(N)n1.Cc1c(Cl)cccc1-c1cc(CCC2CCOCC2)nc(N)n1. The first-order valence-corrected chi connectivity index (χ1v) is 47.1. The van der Waals surface area contributed by atoms with Gasteiger partial charge in [0.25, 0.3) is 0 Å². The van der Waals surface area contributed by atoms with Crippen LogP contribution in [0, 0.1) is 47.5 Å². The van der Waals surface area contributed by atoms with Gasteiger partial charge in [-0.25, -0.2) is 39.9 Å². The molecule has 12 aromatic rings. The normalized spacial score (nSPS) is 12.8. The molecule has 133 heavy (non-hydrogen) atoms. The number of unbranched alkanes of at least 4 members (excludes halogenated alkanes) is 1. The molecule has 0 bridgehead atoms. The number of nitrogen functional groups attached to an aromatic ring is 6. The number of benzene rings is 6. The van der Waals surface area contributed by atoms with Crippen molar-refractivity contribution in [2.24, 2.45) is 5.92 Å². The molecule has 1 unspecified atom stereocenters. The number of anilines is 10. The summed E-state index contributed by atoms with van der Waals surface area (Å²) in [6.07, 6.45) is 18.5. The summed E-state index contributed by atoms with van der Waals surface area (Å²) in [5.41, 5.74) is 56.3. The maximum atomic E-state index is 6.22. The number of hydrogen-bond donors (Lipinski definition) is 10. The minimum absolute atomic E-state index is 0.224. The number of methoxy groups -OCH3 is 1. The second-order valence-corrected chi connectivity index (χ2v) is 34.8. The van der Waals surface area contributed by atoms with E-state index in [1.54, 1.807) is 7.11 Å². The van der Waals surface area contributed by atoms with Crippen LogP contribution in [0.2, 0.25) is 30.1 Å². The Morgan fingerprint density at radius 1 is 0.406 bits per heavy atom. The highest BCUT2D eigenvalue weighted by atomic mass is 35.5. The van der Waals surface area contributed by atoms with Gasteiger partial charge in [-0.2, -0.15) is 19.9 Å². The van der Waals surface area contributed by atoms with Gasteiger partial charge < -0.3 is 74.6 Å². The lowest BCUT2D eigenvalue weighted by Crippen LogP contribution is -2.16. The molecule has 32 heteroatoms. The van der Waals surface area contributed by atoms with Crippen LogP contribution >= 0.6 is 69.6 Å². The summed E-state index contributed by atoms with van der Waals surface area (Å²) < 4.78 is 21.4. The summed E-state index contributed by atoms with van der Waals surface area (Å²) in [7, 11) is 1.65. The summed E-state index contributed by atoms with van der Waals surface area (Å²) >= 11 is 37.1. The molecule has 0 spiro atoms. The van der Waals surface area contributed by atoms with Gasteiger partial charge in [0.05, 0.1) is 46.9 Å². The van der Waals surface area contributed by atoms with E-state index in [0.717, 1.165) is 269 Å². The molecule has 0 saturated carbocycles. The molecule has 0 amide bonds. The Kier molecular flexibility index (Phi) is 43.6. The van der Waals surface area contributed by atoms with Crippen LogP contribution in [0.4, 0.5) is 59.0 Å². The molecule has 6 aromatic carbocycles. The van der Waals surface area contributed by atoms with Crippen LogP contribution in [0.15, 0.2) is 169 Å². The lowest BCUT2D eigenvalue weighted by Gasteiger charge is -2.21. The minimum Gasteiger partial charge on any atom is -0.383 e. The molecular weight excluding hydrogens is 1800 g/mol. The predicted octanol–water partition coefficient (Wildman–Crippen LogP) is 23.8. The molecule has 706 valence electrons. The van der Waals surface area contributed by atoms with Gasteiger partial charge in [-0.15, -0.1) is 0 Å². The van der Waals surface area contributed by atoms with E-state index in [4.69, 9.17) is 123 Å². The van der Waals surface area contributed by atoms with Crippen LogP contribution in [0.25, 0.3) is 67.5 Å². The van der Waals surface area contributed by atoms with Crippen LogP contribution in [0.5, 0.6) is 0 Å². The molecule has 0 radical (unpaired) electrons. The predicted molar refractivity (Wildman–Crippen MR) is 553 cm³/mol. The smallest absolute Gasteiger partial charge is 0.222 e. The third-order valence-electron chi connectivity index (χ3n) is 22.0. The van der Waals surface area contributed by atoms with Gasteiger partial charge in [0.15, 0.2) is 0 Å². The van der Waals surface area contributed by atoms with E-state index in [2.05, 4.69) is 121 Å². The van der Waals surface area contributed by atoms with Crippen molar-refractivity contribution in [2.45, 2.75) is 166 Å². The summed E-state index contributed by atoms with van der Waals surface area (Å²) in [4.78, 5) is 51.6.